The number of nitrogens with zero attached hydrogens (tertiary/aromatic N) is 2. The molecule has 0 aliphatic carbocycles. The standard InChI is InChI=1S/C18H19N3O2/c1-3-9-21-10-8-13-11-15(5-6-16(13)21)20-18(22)14-4-7-17(23-2)19-12-14/h4-8,10-12H,3,9H2,1-2H3,(H,20,22). The first-order valence-corrected chi connectivity index (χ1v) is 7.61. The Kier molecular flexibility index (Phi) is 4.28. The minimum atomic E-state index is -0.188. The smallest absolute Gasteiger partial charge is 0.257 e. The van der Waals surface area contributed by atoms with Crippen molar-refractivity contribution in [2.45, 2.75) is 19.9 Å². The largest absolute Gasteiger partial charge is 0.481 e. The zero-order chi connectivity index (χ0) is 16.2. The van der Waals surface area contributed by atoms with Crippen LogP contribution in [0.15, 0.2) is 48.8 Å². The van der Waals surface area contributed by atoms with Crippen molar-refractivity contribution in [3.05, 3.63) is 54.4 Å². The third-order valence-electron chi connectivity index (χ3n) is 3.70. The van der Waals surface area contributed by atoms with Crippen LogP contribution in [0, 0.1) is 0 Å². The lowest BCUT2D eigenvalue weighted by atomic mass is 10.2. The molecule has 2 aromatic heterocycles. The Labute approximate surface area is 134 Å². The van der Waals surface area contributed by atoms with Crippen LogP contribution < -0.4 is 10.1 Å². The van der Waals surface area contributed by atoms with Gasteiger partial charge in [0.15, 0.2) is 0 Å². The molecule has 0 radical (unpaired) electrons. The molecule has 0 bridgehead atoms. The van der Waals surface area contributed by atoms with E-state index in [1.54, 1.807) is 19.2 Å². The number of ether oxygens (including phenoxy) is 1. The van der Waals surface area contributed by atoms with E-state index in [9.17, 15) is 4.79 Å². The number of aromatic nitrogens is 2. The molecular weight excluding hydrogens is 290 g/mol. The van der Waals surface area contributed by atoms with Gasteiger partial charge in [-0.05, 0) is 36.8 Å². The van der Waals surface area contributed by atoms with Crippen LogP contribution in [0.2, 0.25) is 0 Å². The Morgan fingerprint density at radius 1 is 1.26 bits per heavy atom. The van der Waals surface area contributed by atoms with Gasteiger partial charge in [-0.25, -0.2) is 4.98 Å². The molecule has 3 aromatic rings. The van der Waals surface area contributed by atoms with Gasteiger partial charge in [0, 0.05) is 41.6 Å². The molecule has 0 fully saturated rings. The summed E-state index contributed by atoms with van der Waals surface area (Å²) >= 11 is 0. The number of rotatable bonds is 5. The highest BCUT2D eigenvalue weighted by Gasteiger charge is 2.08. The van der Waals surface area contributed by atoms with Crippen molar-refractivity contribution in [3.63, 3.8) is 0 Å². The number of benzene rings is 1. The normalized spacial score (nSPS) is 10.7. The summed E-state index contributed by atoms with van der Waals surface area (Å²) < 4.78 is 7.21. The molecule has 118 valence electrons. The monoisotopic (exact) mass is 309 g/mol. The Hall–Kier alpha value is -2.82. The number of methoxy groups -OCH3 is 1. The number of pyridine rings is 1. The molecule has 3 rings (SSSR count). The van der Waals surface area contributed by atoms with Gasteiger partial charge in [-0.15, -0.1) is 0 Å². The van der Waals surface area contributed by atoms with Crippen molar-refractivity contribution in [2.24, 2.45) is 0 Å². The quantitative estimate of drug-likeness (QED) is 0.781. The van der Waals surface area contributed by atoms with Crippen molar-refractivity contribution >= 4 is 22.5 Å². The zero-order valence-corrected chi connectivity index (χ0v) is 13.2. The fourth-order valence-corrected chi connectivity index (χ4v) is 2.55. The summed E-state index contributed by atoms with van der Waals surface area (Å²) in [5.74, 6) is 0.299. The molecule has 1 N–H and O–H groups in total. The minimum Gasteiger partial charge on any atom is -0.481 e. The fraction of sp³-hybridized carbons (Fsp3) is 0.222. The van der Waals surface area contributed by atoms with Crippen LogP contribution in [0.1, 0.15) is 23.7 Å². The van der Waals surface area contributed by atoms with E-state index >= 15 is 0 Å². The van der Waals surface area contributed by atoms with Crippen LogP contribution in [-0.4, -0.2) is 22.6 Å². The van der Waals surface area contributed by atoms with Crippen molar-refractivity contribution in [2.75, 3.05) is 12.4 Å². The van der Waals surface area contributed by atoms with Gasteiger partial charge in [0.25, 0.3) is 5.91 Å². The van der Waals surface area contributed by atoms with Gasteiger partial charge in [-0.2, -0.15) is 0 Å². The summed E-state index contributed by atoms with van der Waals surface area (Å²) in [6.45, 7) is 3.15. The van der Waals surface area contributed by atoms with E-state index in [1.165, 1.54) is 11.7 Å². The zero-order valence-electron chi connectivity index (χ0n) is 13.2. The van der Waals surface area contributed by atoms with E-state index in [-0.39, 0.29) is 5.91 Å². The number of hydrogen-bond acceptors (Lipinski definition) is 3. The number of carbonyl (C=O) groups is 1. The maximum absolute atomic E-state index is 12.3. The van der Waals surface area contributed by atoms with Gasteiger partial charge >= 0.3 is 0 Å². The maximum Gasteiger partial charge on any atom is 0.257 e. The molecule has 5 nitrogen and oxygen atoms in total. The molecule has 0 unspecified atom stereocenters. The average Bonchev–Trinajstić information content (AvgIpc) is 2.97. The average molecular weight is 309 g/mol. The van der Waals surface area contributed by atoms with Crippen LogP contribution in [0.25, 0.3) is 10.9 Å². The number of nitrogens with one attached hydrogen (secondary N) is 1. The summed E-state index contributed by atoms with van der Waals surface area (Å²) in [7, 11) is 1.54. The summed E-state index contributed by atoms with van der Waals surface area (Å²) in [5, 5.41) is 4.01. The van der Waals surface area contributed by atoms with E-state index in [2.05, 4.69) is 34.1 Å². The molecular formula is C18H19N3O2. The second-order valence-corrected chi connectivity index (χ2v) is 5.33. The van der Waals surface area contributed by atoms with Gasteiger partial charge in [0.05, 0.1) is 12.7 Å². The first-order chi connectivity index (χ1) is 11.2. The van der Waals surface area contributed by atoms with Crippen molar-refractivity contribution in [1.29, 1.82) is 0 Å². The molecule has 2 heterocycles. The molecule has 0 saturated carbocycles. The highest BCUT2D eigenvalue weighted by atomic mass is 16.5. The lowest BCUT2D eigenvalue weighted by molar-refractivity contribution is 0.102. The van der Waals surface area contributed by atoms with Gasteiger partial charge in [-0.3, -0.25) is 4.79 Å². The maximum atomic E-state index is 12.3. The molecule has 0 saturated heterocycles. The number of fused-ring (bicyclic) bond motifs is 1. The molecule has 0 aliphatic heterocycles. The third-order valence-corrected chi connectivity index (χ3v) is 3.70. The Balaban J connectivity index is 1.78. The molecule has 5 heteroatoms. The van der Waals surface area contributed by atoms with Gasteiger partial charge in [0.1, 0.15) is 0 Å². The third kappa shape index (κ3) is 3.18. The minimum absolute atomic E-state index is 0.188. The van der Waals surface area contributed by atoms with Crippen molar-refractivity contribution in [1.82, 2.24) is 9.55 Å². The lowest BCUT2D eigenvalue weighted by Gasteiger charge is -2.07. The molecule has 1 aromatic carbocycles. The van der Waals surface area contributed by atoms with Gasteiger partial charge in [-0.1, -0.05) is 6.92 Å². The molecule has 23 heavy (non-hydrogen) atoms. The van der Waals surface area contributed by atoms with Crippen LogP contribution in [-0.2, 0) is 6.54 Å². The summed E-state index contributed by atoms with van der Waals surface area (Å²) in [5.41, 5.74) is 2.44. The number of aryl methyl sites for hydroxylation is 1. The molecule has 0 aliphatic rings. The molecule has 1 amide bonds. The Bertz CT molecular complexity index is 822. The van der Waals surface area contributed by atoms with Crippen LogP contribution in [0.3, 0.4) is 0 Å². The predicted octanol–water partition coefficient (Wildman–Crippen LogP) is 3.71. The van der Waals surface area contributed by atoms with E-state index in [0.29, 0.717) is 11.4 Å². The predicted molar refractivity (Wildman–Crippen MR) is 91.0 cm³/mol. The Morgan fingerprint density at radius 3 is 2.83 bits per heavy atom. The second-order valence-electron chi connectivity index (χ2n) is 5.33. The number of hydrogen-bond donors (Lipinski definition) is 1. The Morgan fingerprint density at radius 2 is 2.13 bits per heavy atom. The van der Waals surface area contributed by atoms with Gasteiger partial charge in [0.2, 0.25) is 5.88 Å². The van der Waals surface area contributed by atoms with E-state index in [1.807, 2.05) is 18.2 Å². The summed E-state index contributed by atoms with van der Waals surface area (Å²) in [6, 6.07) is 11.4. The van der Waals surface area contributed by atoms with Crippen molar-refractivity contribution in [3.8, 4) is 5.88 Å². The SMILES string of the molecule is CCCn1ccc2cc(NC(=O)c3ccc(OC)nc3)ccc21. The summed E-state index contributed by atoms with van der Waals surface area (Å²) in [6.07, 6.45) is 4.67. The highest BCUT2D eigenvalue weighted by molar-refractivity contribution is 6.05. The van der Waals surface area contributed by atoms with Crippen molar-refractivity contribution < 1.29 is 9.53 Å². The lowest BCUT2D eigenvalue weighted by Crippen LogP contribution is -2.12. The van der Waals surface area contributed by atoms with Gasteiger partial charge < -0.3 is 14.6 Å². The topological polar surface area (TPSA) is 56.2 Å². The summed E-state index contributed by atoms with van der Waals surface area (Å²) in [4.78, 5) is 16.3. The first kappa shape index (κ1) is 15.1. The van der Waals surface area contributed by atoms with E-state index < -0.39 is 0 Å². The van der Waals surface area contributed by atoms with E-state index in [0.717, 1.165) is 24.0 Å². The number of amides is 1. The molecule has 0 atom stereocenters. The van der Waals surface area contributed by atoms with Crippen LogP contribution in [0.5, 0.6) is 5.88 Å². The van der Waals surface area contributed by atoms with Crippen LogP contribution >= 0.6 is 0 Å². The van der Waals surface area contributed by atoms with E-state index in [4.69, 9.17) is 4.74 Å². The first-order valence-electron chi connectivity index (χ1n) is 7.61. The number of carbonyl (C=O) groups excluding carboxylic acids is 1. The number of anilines is 1. The van der Waals surface area contributed by atoms with Crippen LogP contribution in [0.4, 0.5) is 5.69 Å². The fourth-order valence-electron chi connectivity index (χ4n) is 2.55. The second kappa shape index (κ2) is 6.52. The molecule has 0 spiro atoms. The highest BCUT2D eigenvalue weighted by Crippen LogP contribution is 2.21.